The summed E-state index contributed by atoms with van der Waals surface area (Å²) in [6.45, 7) is 2.14. The van der Waals surface area contributed by atoms with Crippen molar-refractivity contribution >= 4 is 26.7 Å². The molecule has 0 saturated heterocycles. The van der Waals surface area contributed by atoms with E-state index in [0.29, 0.717) is 6.04 Å². The van der Waals surface area contributed by atoms with E-state index < -0.39 is 10.8 Å². The zero-order valence-corrected chi connectivity index (χ0v) is 12.1. The zero-order valence-electron chi connectivity index (χ0n) is 9.70. The quantitative estimate of drug-likeness (QED) is 0.875. The van der Waals surface area contributed by atoms with Gasteiger partial charge >= 0.3 is 0 Å². The predicted octanol–water partition coefficient (Wildman–Crippen LogP) is 2.94. The topological polar surface area (TPSA) is 29.1 Å². The second-order valence-corrected chi connectivity index (χ2v) is 6.33. The molecule has 0 heterocycles. The van der Waals surface area contributed by atoms with Gasteiger partial charge in [0, 0.05) is 21.2 Å². The molecule has 1 aromatic rings. The van der Waals surface area contributed by atoms with Crippen molar-refractivity contribution in [3.63, 3.8) is 0 Å². The Labute approximate surface area is 108 Å². The third-order valence-electron chi connectivity index (χ3n) is 2.52. The highest BCUT2D eigenvalue weighted by molar-refractivity contribution is 9.10. The van der Waals surface area contributed by atoms with Crippen LogP contribution < -0.4 is 5.32 Å². The lowest BCUT2D eigenvalue weighted by Gasteiger charge is -2.09. The maximum atomic E-state index is 11.9. The molecular formula is C12H18BrNOS. The number of nitrogens with one attached hydrogen (secondary N) is 1. The lowest BCUT2D eigenvalue weighted by molar-refractivity contribution is 0.557. The Morgan fingerprint density at radius 1 is 1.50 bits per heavy atom. The van der Waals surface area contributed by atoms with E-state index in [-0.39, 0.29) is 0 Å². The minimum absolute atomic E-state index is 0.500. The molecule has 0 spiro atoms. The monoisotopic (exact) mass is 303 g/mol. The summed E-state index contributed by atoms with van der Waals surface area (Å²) in [5, 5.41) is 3.18. The third-order valence-corrected chi connectivity index (χ3v) is 4.45. The van der Waals surface area contributed by atoms with Crippen molar-refractivity contribution in [2.45, 2.75) is 30.7 Å². The van der Waals surface area contributed by atoms with Gasteiger partial charge in [-0.1, -0.05) is 22.0 Å². The Kier molecular flexibility index (Phi) is 6.24. The van der Waals surface area contributed by atoms with Gasteiger partial charge in [0.2, 0.25) is 0 Å². The molecule has 90 valence electrons. The summed E-state index contributed by atoms with van der Waals surface area (Å²) >= 11 is 3.39. The molecule has 0 radical (unpaired) electrons. The van der Waals surface area contributed by atoms with E-state index in [1.807, 2.05) is 31.3 Å². The Morgan fingerprint density at radius 2 is 2.25 bits per heavy atom. The Hall–Kier alpha value is -0.190. The molecule has 0 aliphatic carbocycles. The molecule has 0 aliphatic heterocycles. The third kappa shape index (κ3) is 4.76. The predicted molar refractivity (Wildman–Crippen MR) is 73.2 cm³/mol. The van der Waals surface area contributed by atoms with Gasteiger partial charge in [-0.15, -0.1) is 0 Å². The second kappa shape index (κ2) is 7.20. The lowest BCUT2D eigenvalue weighted by Crippen LogP contribution is -2.21. The maximum Gasteiger partial charge on any atom is 0.0529 e. The van der Waals surface area contributed by atoms with E-state index in [4.69, 9.17) is 0 Å². The Balaban J connectivity index is 2.41. The van der Waals surface area contributed by atoms with Crippen molar-refractivity contribution in [3.8, 4) is 0 Å². The highest BCUT2D eigenvalue weighted by Gasteiger charge is 2.05. The van der Waals surface area contributed by atoms with Crippen molar-refractivity contribution in [1.29, 1.82) is 0 Å². The fourth-order valence-corrected chi connectivity index (χ4v) is 3.10. The van der Waals surface area contributed by atoms with E-state index in [0.717, 1.165) is 28.0 Å². The highest BCUT2D eigenvalue weighted by Crippen LogP contribution is 2.15. The summed E-state index contributed by atoms with van der Waals surface area (Å²) in [5.74, 6) is 0.739. The molecule has 0 aromatic heterocycles. The SMILES string of the molecule is CNC(C)CCCS(=O)c1cccc(Br)c1. The summed E-state index contributed by atoms with van der Waals surface area (Å²) in [6, 6.07) is 8.22. The molecule has 16 heavy (non-hydrogen) atoms. The van der Waals surface area contributed by atoms with Crippen LogP contribution in [0.2, 0.25) is 0 Å². The molecule has 0 bridgehead atoms. The molecule has 1 aromatic carbocycles. The van der Waals surface area contributed by atoms with E-state index in [2.05, 4.69) is 28.2 Å². The summed E-state index contributed by atoms with van der Waals surface area (Å²) < 4.78 is 12.9. The summed E-state index contributed by atoms with van der Waals surface area (Å²) in [7, 11) is 1.08. The minimum Gasteiger partial charge on any atom is -0.317 e. The van der Waals surface area contributed by atoms with Crippen LogP contribution in [0.3, 0.4) is 0 Å². The Morgan fingerprint density at radius 3 is 2.88 bits per heavy atom. The number of halogens is 1. The number of hydrogen-bond donors (Lipinski definition) is 1. The van der Waals surface area contributed by atoms with Crippen LogP contribution >= 0.6 is 15.9 Å². The lowest BCUT2D eigenvalue weighted by atomic mass is 10.2. The summed E-state index contributed by atoms with van der Waals surface area (Å²) in [5.41, 5.74) is 0. The molecule has 2 unspecified atom stereocenters. The van der Waals surface area contributed by atoms with E-state index >= 15 is 0 Å². The van der Waals surface area contributed by atoms with E-state index in [9.17, 15) is 4.21 Å². The normalized spacial score (nSPS) is 14.7. The molecule has 1 N–H and O–H groups in total. The molecule has 0 fully saturated rings. The molecule has 4 heteroatoms. The molecule has 2 nitrogen and oxygen atoms in total. The van der Waals surface area contributed by atoms with Gasteiger partial charge in [0.05, 0.1) is 10.8 Å². The van der Waals surface area contributed by atoms with Gasteiger partial charge in [0.25, 0.3) is 0 Å². The molecular weight excluding hydrogens is 286 g/mol. The summed E-state index contributed by atoms with van der Waals surface area (Å²) in [6.07, 6.45) is 2.05. The van der Waals surface area contributed by atoms with Crippen LogP contribution in [-0.2, 0) is 10.8 Å². The van der Waals surface area contributed by atoms with E-state index in [1.54, 1.807) is 0 Å². The van der Waals surface area contributed by atoms with Crippen LogP contribution in [0.1, 0.15) is 19.8 Å². The van der Waals surface area contributed by atoms with Crippen molar-refractivity contribution in [2.24, 2.45) is 0 Å². The van der Waals surface area contributed by atoms with Gasteiger partial charge < -0.3 is 5.32 Å². The molecule has 2 atom stereocenters. The first-order valence-electron chi connectivity index (χ1n) is 5.44. The van der Waals surface area contributed by atoms with Crippen LogP contribution in [0.15, 0.2) is 33.6 Å². The zero-order chi connectivity index (χ0) is 12.0. The number of benzene rings is 1. The average molecular weight is 304 g/mol. The first kappa shape index (κ1) is 13.9. The first-order chi connectivity index (χ1) is 7.63. The molecule has 0 saturated carbocycles. The van der Waals surface area contributed by atoms with Gasteiger partial charge in [-0.2, -0.15) is 0 Å². The van der Waals surface area contributed by atoms with Gasteiger partial charge in [-0.3, -0.25) is 4.21 Å². The molecule has 0 aliphatic rings. The van der Waals surface area contributed by atoms with Gasteiger partial charge in [-0.05, 0) is 45.0 Å². The fraction of sp³-hybridized carbons (Fsp3) is 0.500. The standard InChI is InChI=1S/C12H18BrNOS/c1-10(14-2)5-4-8-16(15)12-7-3-6-11(13)9-12/h3,6-7,9-10,14H,4-5,8H2,1-2H3. The van der Waals surface area contributed by atoms with Gasteiger partial charge in [-0.25, -0.2) is 0 Å². The van der Waals surface area contributed by atoms with Crippen LogP contribution in [0.5, 0.6) is 0 Å². The molecule has 1 rings (SSSR count). The van der Waals surface area contributed by atoms with Crippen molar-refractivity contribution in [2.75, 3.05) is 12.8 Å². The van der Waals surface area contributed by atoms with Crippen LogP contribution in [0.4, 0.5) is 0 Å². The molecule has 0 amide bonds. The van der Waals surface area contributed by atoms with Crippen LogP contribution in [0, 0.1) is 0 Å². The van der Waals surface area contributed by atoms with Crippen molar-refractivity contribution in [1.82, 2.24) is 5.32 Å². The number of rotatable bonds is 6. The smallest absolute Gasteiger partial charge is 0.0529 e. The van der Waals surface area contributed by atoms with Gasteiger partial charge in [0.1, 0.15) is 0 Å². The number of hydrogen-bond acceptors (Lipinski definition) is 2. The first-order valence-corrected chi connectivity index (χ1v) is 7.56. The highest BCUT2D eigenvalue weighted by atomic mass is 79.9. The maximum absolute atomic E-state index is 11.9. The largest absolute Gasteiger partial charge is 0.317 e. The van der Waals surface area contributed by atoms with Crippen LogP contribution in [0.25, 0.3) is 0 Å². The Bertz CT molecular complexity index is 357. The van der Waals surface area contributed by atoms with Crippen molar-refractivity contribution in [3.05, 3.63) is 28.7 Å². The average Bonchev–Trinajstić information content (AvgIpc) is 2.28. The van der Waals surface area contributed by atoms with Crippen LogP contribution in [-0.4, -0.2) is 23.1 Å². The van der Waals surface area contributed by atoms with Crippen molar-refractivity contribution < 1.29 is 4.21 Å². The van der Waals surface area contributed by atoms with Gasteiger partial charge in [0.15, 0.2) is 0 Å². The van der Waals surface area contributed by atoms with E-state index in [1.165, 1.54) is 0 Å². The minimum atomic E-state index is -0.870. The fourth-order valence-electron chi connectivity index (χ4n) is 1.39. The second-order valence-electron chi connectivity index (χ2n) is 3.84. The summed E-state index contributed by atoms with van der Waals surface area (Å²) in [4.78, 5) is 0.909.